The summed E-state index contributed by atoms with van der Waals surface area (Å²) in [7, 11) is 0. The van der Waals surface area contributed by atoms with Crippen LogP contribution in [0.25, 0.3) is 0 Å². The van der Waals surface area contributed by atoms with Crippen LogP contribution in [-0.4, -0.2) is 0 Å². The number of aryl methyl sites for hydroxylation is 1. The Morgan fingerprint density at radius 2 is 1.84 bits per heavy atom. The Morgan fingerprint density at radius 3 is 2.63 bits per heavy atom. The summed E-state index contributed by atoms with van der Waals surface area (Å²) in [5.74, 6) is 0. The lowest BCUT2D eigenvalue weighted by atomic mass is 9.99. The van der Waals surface area contributed by atoms with E-state index in [0.29, 0.717) is 6.61 Å². The predicted octanol–water partition coefficient (Wildman–Crippen LogP) is 5.12. The molecular weight excluding hydrogens is 324 g/mol. The molecule has 0 fully saturated rings. The van der Waals surface area contributed by atoms with Crippen molar-refractivity contribution in [3.05, 3.63) is 68.7 Å². The molecule has 0 aliphatic carbocycles. The minimum atomic E-state index is -0.123. The zero-order valence-corrected chi connectivity index (χ0v) is 13.0. The highest BCUT2D eigenvalue weighted by Crippen LogP contribution is 2.33. The summed E-state index contributed by atoms with van der Waals surface area (Å²) in [6.07, 6.45) is 0. The lowest BCUT2D eigenvalue weighted by molar-refractivity contribution is 0.134. The van der Waals surface area contributed by atoms with Crippen molar-refractivity contribution in [1.82, 2.24) is 0 Å². The maximum Gasteiger partial charge on any atom is 0.0836 e. The monoisotopic (exact) mass is 336 g/mol. The average Bonchev–Trinajstić information content (AvgIpc) is 2.83. The van der Waals surface area contributed by atoms with Crippen LogP contribution in [0.1, 0.15) is 33.2 Å². The topological polar surface area (TPSA) is 9.23 Å². The van der Waals surface area contributed by atoms with Gasteiger partial charge in [0.15, 0.2) is 0 Å². The minimum absolute atomic E-state index is 0.123. The summed E-state index contributed by atoms with van der Waals surface area (Å²) < 4.78 is 6.51. The maximum atomic E-state index is 6.62. The standard InChI is InChI=1S/C16H14BrClO/c1-10-4-13(7-15(17)5-10)16(18)11-2-3-12-8-19-9-14(12)6-11/h2-7,16H,8-9H2,1H3. The second kappa shape index (κ2) is 5.28. The molecule has 0 amide bonds. The van der Waals surface area contributed by atoms with E-state index in [2.05, 4.69) is 59.3 Å². The fourth-order valence-corrected chi connectivity index (χ4v) is 3.34. The molecule has 0 saturated carbocycles. The van der Waals surface area contributed by atoms with Crippen molar-refractivity contribution >= 4 is 27.5 Å². The quantitative estimate of drug-likeness (QED) is 0.691. The first-order valence-corrected chi connectivity index (χ1v) is 7.47. The highest BCUT2D eigenvalue weighted by molar-refractivity contribution is 9.10. The molecular formula is C16H14BrClO. The number of benzene rings is 2. The molecule has 0 N–H and O–H groups in total. The van der Waals surface area contributed by atoms with Gasteiger partial charge in [0.2, 0.25) is 0 Å². The van der Waals surface area contributed by atoms with Crippen LogP contribution in [-0.2, 0) is 18.0 Å². The molecule has 0 radical (unpaired) electrons. The normalized spacial score (nSPS) is 15.3. The van der Waals surface area contributed by atoms with Crippen molar-refractivity contribution in [3.63, 3.8) is 0 Å². The molecule has 3 heteroatoms. The molecule has 1 unspecified atom stereocenters. The van der Waals surface area contributed by atoms with Crippen LogP contribution in [0.3, 0.4) is 0 Å². The van der Waals surface area contributed by atoms with E-state index in [0.717, 1.165) is 22.2 Å². The first-order valence-electron chi connectivity index (χ1n) is 6.24. The summed E-state index contributed by atoms with van der Waals surface area (Å²) in [5, 5.41) is -0.123. The molecule has 1 nitrogen and oxygen atoms in total. The van der Waals surface area contributed by atoms with Gasteiger partial charge in [0, 0.05) is 4.47 Å². The van der Waals surface area contributed by atoms with Crippen LogP contribution in [0.2, 0.25) is 0 Å². The van der Waals surface area contributed by atoms with Gasteiger partial charge in [-0.1, -0.05) is 40.2 Å². The summed E-state index contributed by atoms with van der Waals surface area (Å²) in [6, 6.07) is 12.7. The lowest BCUT2D eigenvalue weighted by Crippen LogP contribution is -1.96. The second-order valence-electron chi connectivity index (χ2n) is 4.95. The molecule has 3 rings (SSSR count). The van der Waals surface area contributed by atoms with Crippen molar-refractivity contribution in [3.8, 4) is 0 Å². The van der Waals surface area contributed by atoms with Crippen molar-refractivity contribution in [2.24, 2.45) is 0 Å². The number of ether oxygens (including phenoxy) is 1. The Labute approximate surface area is 126 Å². The Kier molecular flexibility index (Phi) is 3.66. The van der Waals surface area contributed by atoms with Gasteiger partial charge in [-0.25, -0.2) is 0 Å². The molecule has 1 atom stereocenters. The second-order valence-corrected chi connectivity index (χ2v) is 6.30. The Morgan fingerprint density at radius 1 is 1.05 bits per heavy atom. The Bertz CT molecular complexity index is 604. The van der Waals surface area contributed by atoms with E-state index in [4.69, 9.17) is 16.3 Å². The largest absolute Gasteiger partial charge is 0.372 e. The highest BCUT2D eigenvalue weighted by Gasteiger charge is 2.16. The van der Waals surface area contributed by atoms with Crippen LogP contribution >= 0.6 is 27.5 Å². The zero-order chi connectivity index (χ0) is 13.4. The Balaban J connectivity index is 1.97. The van der Waals surface area contributed by atoms with E-state index < -0.39 is 0 Å². The van der Waals surface area contributed by atoms with Crippen LogP contribution in [0.15, 0.2) is 40.9 Å². The first-order chi connectivity index (χ1) is 9.13. The molecule has 1 heterocycles. The van der Waals surface area contributed by atoms with Gasteiger partial charge in [0.1, 0.15) is 0 Å². The number of hydrogen-bond donors (Lipinski definition) is 0. The van der Waals surface area contributed by atoms with E-state index in [1.807, 2.05) is 0 Å². The van der Waals surface area contributed by atoms with Gasteiger partial charge in [-0.2, -0.15) is 0 Å². The smallest absolute Gasteiger partial charge is 0.0836 e. The summed E-state index contributed by atoms with van der Waals surface area (Å²) in [5.41, 5.74) is 5.99. The van der Waals surface area contributed by atoms with Gasteiger partial charge in [0.05, 0.1) is 18.6 Å². The summed E-state index contributed by atoms with van der Waals surface area (Å²) >= 11 is 10.1. The molecule has 0 spiro atoms. The van der Waals surface area contributed by atoms with E-state index >= 15 is 0 Å². The zero-order valence-electron chi connectivity index (χ0n) is 10.6. The summed E-state index contributed by atoms with van der Waals surface area (Å²) in [6.45, 7) is 3.50. The van der Waals surface area contributed by atoms with Gasteiger partial charge in [-0.3, -0.25) is 0 Å². The van der Waals surface area contributed by atoms with Crippen LogP contribution in [0.5, 0.6) is 0 Å². The molecule has 1 aliphatic heterocycles. The van der Waals surface area contributed by atoms with Gasteiger partial charge in [-0.05, 0) is 46.9 Å². The van der Waals surface area contributed by atoms with Gasteiger partial charge in [0.25, 0.3) is 0 Å². The SMILES string of the molecule is Cc1cc(Br)cc(C(Cl)c2ccc3c(c2)COC3)c1. The van der Waals surface area contributed by atoms with Crippen molar-refractivity contribution in [1.29, 1.82) is 0 Å². The Hall–Kier alpha value is -0.830. The van der Waals surface area contributed by atoms with Crippen molar-refractivity contribution in [2.45, 2.75) is 25.5 Å². The average molecular weight is 338 g/mol. The number of hydrogen-bond acceptors (Lipinski definition) is 1. The minimum Gasteiger partial charge on any atom is -0.372 e. The molecule has 0 bridgehead atoms. The van der Waals surface area contributed by atoms with Gasteiger partial charge >= 0.3 is 0 Å². The van der Waals surface area contributed by atoms with Crippen molar-refractivity contribution in [2.75, 3.05) is 0 Å². The molecule has 1 aliphatic rings. The third-order valence-corrected chi connectivity index (χ3v) is 4.36. The predicted molar refractivity (Wildman–Crippen MR) is 81.5 cm³/mol. The van der Waals surface area contributed by atoms with Crippen LogP contribution in [0.4, 0.5) is 0 Å². The van der Waals surface area contributed by atoms with E-state index in [1.165, 1.54) is 16.7 Å². The number of alkyl halides is 1. The third kappa shape index (κ3) is 2.71. The highest BCUT2D eigenvalue weighted by atomic mass is 79.9. The van der Waals surface area contributed by atoms with E-state index in [-0.39, 0.29) is 5.38 Å². The maximum absolute atomic E-state index is 6.62. The molecule has 2 aromatic carbocycles. The lowest BCUT2D eigenvalue weighted by Gasteiger charge is -2.13. The summed E-state index contributed by atoms with van der Waals surface area (Å²) in [4.78, 5) is 0. The molecule has 19 heavy (non-hydrogen) atoms. The first kappa shape index (κ1) is 13.2. The van der Waals surface area contributed by atoms with Crippen LogP contribution < -0.4 is 0 Å². The van der Waals surface area contributed by atoms with Gasteiger partial charge < -0.3 is 4.74 Å². The van der Waals surface area contributed by atoms with Crippen LogP contribution in [0, 0.1) is 6.92 Å². The van der Waals surface area contributed by atoms with E-state index in [1.54, 1.807) is 0 Å². The van der Waals surface area contributed by atoms with Gasteiger partial charge in [-0.15, -0.1) is 11.6 Å². The molecule has 0 aromatic heterocycles. The molecule has 2 aromatic rings. The van der Waals surface area contributed by atoms with E-state index in [9.17, 15) is 0 Å². The fourth-order valence-electron chi connectivity index (χ4n) is 2.45. The number of rotatable bonds is 2. The number of halogens is 2. The third-order valence-electron chi connectivity index (χ3n) is 3.40. The molecule has 0 saturated heterocycles. The van der Waals surface area contributed by atoms with Crippen molar-refractivity contribution < 1.29 is 4.74 Å². The fraction of sp³-hybridized carbons (Fsp3) is 0.250. The molecule has 98 valence electrons. The number of fused-ring (bicyclic) bond motifs is 1.